The molecule has 86 valence electrons. The molecule has 0 heterocycles. The van der Waals surface area contributed by atoms with Gasteiger partial charge in [0.1, 0.15) is 0 Å². The highest BCUT2D eigenvalue weighted by atomic mass is 14.8. The van der Waals surface area contributed by atoms with Crippen LogP contribution in [0.15, 0.2) is 59.6 Å². The minimum atomic E-state index is 0.584. The smallest absolute Gasteiger partial charge is 0.0964 e. The maximum atomic E-state index is 5.54. The highest BCUT2D eigenvalue weighted by Gasteiger charge is 1.96. The summed E-state index contributed by atoms with van der Waals surface area (Å²) in [6.45, 7) is 1.79. The molecule has 0 bridgehead atoms. The van der Waals surface area contributed by atoms with Gasteiger partial charge in [0.05, 0.1) is 11.5 Å². The summed E-state index contributed by atoms with van der Waals surface area (Å²) in [7, 11) is 0. The van der Waals surface area contributed by atoms with Crippen molar-refractivity contribution >= 4 is 11.5 Å². The van der Waals surface area contributed by atoms with E-state index >= 15 is 0 Å². The molecule has 2 aromatic carbocycles. The Labute approximate surface area is 102 Å². The van der Waals surface area contributed by atoms with E-state index in [1.807, 2.05) is 18.2 Å². The van der Waals surface area contributed by atoms with Gasteiger partial charge >= 0.3 is 0 Å². The van der Waals surface area contributed by atoms with Crippen LogP contribution in [0.3, 0.4) is 0 Å². The fourth-order valence-electron chi connectivity index (χ4n) is 1.72. The van der Waals surface area contributed by atoms with E-state index in [1.54, 1.807) is 6.92 Å². The minimum Gasteiger partial charge on any atom is -0.387 e. The van der Waals surface area contributed by atoms with Gasteiger partial charge < -0.3 is 5.73 Å². The predicted octanol–water partition coefficient (Wildman–Crippen LogP) is 3.29. The second-order valence-electron chi connectivity index (χ2n) is 4.08. The van der Waals surface area contributed by atoms with Gasteiger partial charge in [-0.15, -0.1) is 0 Å². The lowest BCUT2D eigenvalue weighted by atomic mass is 10.1. The molecule has 0 amide bonds. The number of aliphatic imine (C=N–C) groups is 1. The first-order chi connectivity index (χ1) is 8.24. The van der Waals surface area contributed by atoms with Crippen LogP contribution in [0.2, 0.25) is 0 Å². The third-order valence-electron chi connectivity index (χ3n) is 2.49. The Morgan fingerprint density at radius 1 is 0.941 bits per heavy atom. The summed E-state index contributed by atoms with van der Waals surface area (Å²) in [5, 5.41) is 0. The third-order valence-corrected chi connectivity index (χ3v) is 2.49. The Morgan fingerprint density at radius 2 is 1.53 bits per heavy atom. The highest BCUT2D eigenvalue weighted by molar-refractivity contribution is 5.80. The summed E-state index contributed by atoms with van der Waals surface area (Å²) < 4.78 is 0. The molecule has 2 heteroatoms. The number of hydrogen-bond donors (Lipinski definition) is 1. The molecule has 0 aliphatic rings. The van der Waals surface area contributed by atoms with Crippen LogP contribution in [0, 0.1) is 0 Å². The molecule has 0 aliphatic heterocycles. The monoisotopic (exact) mass is 224 g/mol. The van der Waals surface area contributed by atoms with Crippen molar-refractivity contribution in [3.05, 3.63) is 65.7 Å². The van der Waals surface area contributed by atoms with E-state index in [9.17, 15) is 0 Å². The van der Waals surface area contributed by atoms with Crippen LogP contribution in [-0.2, 0) is 6.42 Å². The Kier molecular flexibility index (Phi) is 3.55. The van der Waals surface area contributed by atoms with E-state index in [1.165, 1.54) is 11.1 Å². The van der Waals surface area contributed by atoms with Crippen molar-refractivity contribution in [2.75, 3.05) is 0 Å². The fourth-order valence-corrected chi connectivity index (χ4v) is 1.72. The summed E-state index contributed by atoms with van der Waals surface area (Å²) >= 11 is 0. The number of amidine groups is 1. The van der Waals surface area contributed by atoms with Gasteiger partial charge in [-0.1, -0.05) is 42.5 Å². The molecule has 0 aromatic heterocycles. The molecular weight excluding hydrogens is 208 g/mol. The number of benzene rings is 2. The molecule has 0 radical (unpaired) electrons. The predicted molar refractivity (Wildman–Crippen MR) is 72.6 cm³/mol. The number of nitrogens with zero attached hydrogens (tertiary/aromatic N) is 1. The summed E-state index contributed by atoms with van der Waals surface area (Å²) in [5.41, 5.74) is 9.04. The lowest BCUT2D eigenvalue weighted by Crippen LogP contribution is -2.03. The molecule has 0 saturated carbocycles. The molecule has 0 saturated heterocycles. The summed E-state index contributed by atoms with van der Waals surface area (Å²) in [4.78, 5) is 4.20. The van der Waals surface area contributed by atoms with Gasteiger partial charge in [-0.2, -0.15) is 0 Å². The largest absolute Gasteiger partial charge is 0.387 e. The molecule has 0 atom stereocenters. The average molecular weight is 224 g/mol. The van der Waals surface area contributed by atoms with Crippen LogP contribution in [0.4, 0.5) is 5.69 Å². The Morgan fingerprint density at radius 3 is 2.12 bits per heavy atom. The molecule has 17 heavy (non-hydrogen) atoms. The Balaban J connectivity index is 2.11. The molecule has 2 N–H and O–H groups in total. The maximum Gasteiger partial charge on any atom is 0.0964 e. The normalized spacial score (nSPS) is 11.5. The third kappa shape index (κ3) is 3.45. The van der Waals surface area contributed by atoms with Crippen LogP contribution in [0.25, 0.3) is 0 Å². The van der Waals surface area contributed by atoms with Crippen molar-refractivity contribution < 1.29 is 0 Å². The average Bonchev–Trinajstić information content (AvgIpc) is 2.32. The molecule has 0 unspecified atom stereocenters. The van der Waals surface area contributed by atoms with Crippen molar-refractivity contribution in [3.8, 4) is 0 Å². The van der Waals surface area contributed by atoms with E-state index in [0.29, 0.717) is 5.84 Å². The zero-order valence-corrected chi connectivity index (χ0v) is 9.93. The van der Waals surface area contributed by atoms with Crippen molar-refractivity contribution in [1.29, 1.82) is 0 Å². The van der Waals surface area contributed by atoms with E-state index in [0.717, 1.165) is 12.1 Å². The molecule has 0 fully saturated rings. The zero-order chi connectivity index (χ0) is 12.1. The van der Waals surface area contributed by atoms with Crippen LogP contribution >= 0.6 is 0 Å². The number of nitrogens with two attached hydrogens (primary N) is 1. The minimum absolute atomic E-state index is 0.584. The molecule has 0 aliphatic carbocycles. The first-order valence-corrected chi connectivity index (χ1v) is 5.68. The first-order valence-electron chi connectivity index (χ1n) is 5.68. The van der Waals surface area contributed by atoms with Gasteiger partial charge in [-0.05, 0) is 36.6 Å². The van der Waals surface area contributed by atoms with Crippen molar-refractivity contribution in [3.63, 3.8) is 0 Å². The van der Waals surface area contributed by atoms with Crippen LogP contribution < -0.4 is 5.73 Å². The molecule has 2 rings (SSSR count). The van der Waals surface area contributed by atoms with E-state index < -0.39 is 0 Å². The van der Waals surface area contributed by atoms with Crippen molar-refractivity contribution in [2.45, 2.75) is 13.3 Å². The van der Waals surface area contributed by atoms with Crippen molar-refractivity contribution in [2.24, 2.45) is 10.7 Å². The zero-order valence-electron chi connectivity index (χ0n) is 9.93. The quantitative estimate of drug-likeness (QED) is 0.630. The molecule has 2 aromatic rings. The summed E-state index contributed by atoms with van der Waals surface area (Å²) in [6, 6.07) is 18.6. The fraction of sp³-hybridized carbons (Fsp3) is 0.133. The first kappa shape index (κ1) is 11.4. The number of hydrogen-bond acceptors (Lipinski definition) is 1. The second-order valence-corrected chi connectivity index (χ2v) is 4.08. The second kappa shape index (κ2) is 5.30. The maximum absolute atomic E-state index is 5.54. The molecule has 2 nitrogen and oxygen atoms in total. The van der Waals surface area contributed by atoms with Crippen molar-refractivity contribution in [1.82, 2.24) is 0 Å². The van der Waals surface area contributed by atoms with Gasteiger partial charge in [0.25, 0.3) is 0 Å². The van der Waals surface area contributed by atoms with Gasteiger partial charge in [-0.25, -0.2) is 4.99 Å². The van der Waals surface area contributed by atoms with E-state index in [2.05, 4.69) is 41.4 Å². The SMILES string of the molecule is CC(N)=Nc1ccc(Cc2ccccc2)cc1. The lowest BCUT2D eigenvalue weighted by Gasteiger charge is -2.02. The standard InChI is InChI=1S/C15H16N2/c1-12(16)17-15-9-7-14(8-10-15)11-13-5-3-2-4-6-13/h2-10H,11H2,1H3,(H2,16,17). The number of rotatable bonds is 3. The van der Waals surface area contributed by atoms with Gasteiger partial charge in [0, 0.05) is 0 Å². The topological polar surface area (TPSA) is 38.4 Å². The summed E-state index contributed by atoms with van der Waals surface area (Å²) in [5.74, 6) is 0.584. The molecular formula is C15H16N2. The molecule has 0 spiro atoms. The van der Waals surface area contributed by atoms with E-state index in [-0.39, 0.29) is 0 Å². The Hall–Kier alpha value is -2.09. The summed E-state index contributed by atoms with van der Waals surface area (Å²) in [6.07, 6.45) is 0.951. The highest BCUT2D eigenvalue weighted by Crippen LogP contribution is 2.15. The lowest BCUT2D eigenvalue weighted by molar-refractivity contribution is 1.19. The van der Waals surface area contributed by atoms with Crippen LogP contribution in [0.5, 0.6) is 0 Å². The van der Waals surface area contributed by atoms with Gasteiger partial charge in [0.15, 0.2) is 0 Å². The van der Waals surface area contributed by atoms with Crippen LogP contribution in [0.1, 0.15) is 18.1 Å². The van der Waals surface area contributed by atoms with E-state index in [4.69, 9.17) is 5.73 Å². The van der Waals surface area contributed by atoms with Gasteiger partial charge in [-0.3, -0.25) is 0 Å². The van der Waals surface area contributed by atoms with Gasteiger partial charge in [0.2, 0.25) is 0 Å². The van der Waals surface area contributed by atoms with Crippen LogP contribution in [-0.4, -0.2) is 5.84 Å². The Bertz CT molecular complexity index is 494.